The first-order chi connectivity index (χ1) is 17.5. The van der Waals surface area contributed by atoms with E-state index < -0.39 is 0 Å². The number of ether oxygens (including phenoxy) is 2. The third-order valence-corrected chi connectivity index (χ3v) is 7.50. The van der Waals surface area contributed by atoms with Crippen molar-refractivity contribution in [3.8, 4) is 11.5 Å². The molecule has 36 heavy (non-hydrogen) atoms. The zero-order valence-electron chi connectivity index (χ0n) is 19.4. The van der Waals surface area contributed by atoms with Crippen molar-refractivity contribution in [3.05, 3.63) is 110 Å². The summed E-state index contributed by atoms with van der Waals surface area (Å²) in [5, 5.41) is 2.04. The summed E-state index contributed by atoms with van der Waals surface area (Å²) in [6.07, 6.45) is 1.72. The van der Waals surface area contributed by atoms with Crippen molar-refractivity contribution >= 4 is 62.3 Å². The standard InChI is InChI=1S/C29H22INO4S/c1-34-26-15-20(11-14-25(26)35-18-22-7-4-6-21-5-2-3-8-24(21)22)16-27-28(32)31(29(33)36-27)17-19-9-12-23(30)13-10-19/h2-16H,17-18H2,1H3/b27-16+. The molecule has 0 bridgehead atoms. The van der Waals surface area contributed by atoms with Gasteiger partial charge in [0.05, 0.1) is 18.6 Å². The molecule has 0 N–H and O–H groups in total. The monoisotopic (exact) mass is 607 g/mol. The molecule has 0 aromatic heterocycles. The lowest BCUT2D eigenvalue weighted by atomic mass is 10.1. The number of nitrogens with zero attached hydrogens (tertiary/aromatic N) is 1. The topological polar surface area (TPSA) is 55.8 Å². The molecule has 0 saturated carbocycles. The number of benzene rings is 4. The van der Waals surface area contributed by atoms with E-state index >= 15 is 0 Å². The summed E-state index contributed by atoms with van der Waals surface area (Å²) in [5.41, 5.74) is 2.75. The Bertz CT molecular complexity index is 1480. The fraction of sp³-hybridized carbons (Fsp3) is 0.103. The van der Waals surface area contributed by atoms with E-state index in [0.29, 0.717) is 23.0 Å². The molecule has 0 unspecified atom stereocenters. The van der Waals surface area contributed by atoms with Crippen LogP contribution in [0.4, 0.5) is 4.79 Å². The van der Waals surface area contributed by atoms with E-state index in [1.54, 1.807) is 13.2 Å². The van der Waals surface area contributed by atoms with E-state index in [9.17, 15) is 9.59 Å². The second-order valence-corrected chi connectivity index (χ2v) is 10.5. The molecule has 0 aliphatic carbocycles. The lowest BCUT2D eigenvalue weighted by molar-refractivity contribution is -0.123. The Balaban J connectivity index is 1.32. The molecular weight excluding hydrogens is 585 g/mol. The fourth-order valence-electron chi connectivity index (χ4n) is 4.03. The molecule has 1 fully saturated rings. The minimum absolute atomic E-state index is 0.253. The van der Waals surface area contributed by atoms with Gasteiger partial charge in [-0.05, 0) is 92.2 Å². The van der Waals surface area contributed by atoms with Gasteiger partial charge in [0.1, 0.15) is 6.61 Å². The van der Waals surface area contributed by atoms with Crippen LogP contribution < -0.4 is 9.47 Å². The highest BCUT2D eigenvalue weighted by Crippen LogP contribution is 2.35. The van der Waals surface area contributed by atoms with Gasteiger partial charge in [-0.25, -0.2) is 0 Å². The number of hydrogen-bond acceptors (Lipinski definition) is 5. The summed E-state index contributed by atoms with van der Waals surface area (Å²) in [7, 11) is 1.58. The molecule has 7 heteroatoms. The summed E-state index contributed by atoms with van der Waals surface area (Å²) >= 11 is 3.17. The zero-order valence-corrected chi connectivity index (χ0v) is 22.4. The first kappa shape index (κ1) is 24.4. The van der Waals surface area contributed by atoms with Crippen LogP contribution in [0.1, 0.15) is 16.7 Å². The summed E-state index contributed by atoms with van der Waals surface area (Å²) in [6.45, 7) is 0.650. The van der Waals surface area contributed by atoms with Gasteiger partial charge in [-0.15, -0.1) is 0 Å². The summed E-state index contributed by atoms with van der Waals surface area (Å²) < 4.78 is 12.8. The second-order valence-electron chi connectivity index (χ2n) is 8.23. The molecule has 0 atom stereocenters. The van der Waals surface area contributed by atoms with E-state index in [1.807, 2.05) is 60.7 Å². The SMILES string of the molecule is COc1cc(/C=C2/SC(=O)N(Cc3ccc(I)cc3)C2=O)ccc1OCc1cccc2ccccc12. The molecule has 0 spiro atoms. The molecule has 1 aliphatic rings. The van der Waals surface area contributed by atoms with Gasteiger partial charge in [0, 0.05) is 3.57 Å². The lowest BCUT2D eigenvalue weighted by Crippen LogP contribution is -2.27. The molecule has 5 rings (SSSR count). The molecule has 180 valence electrons. The Morgan fingerprint density at radius 2 is 1.69 bits per heavy atom. The third-order valence-electron chi connectivity index (χ3n) is 5.88. The van der Waals surface area contributed by atoms with Crippen LogP contribution in [0.15, 0.2) is 89.8 Å². The summed E-state index contributed by atoms with van der Waals surface area (Å²) in [5.74, 6) is 0.871. The van der Waals surface area contributed by atoms with Crippen LogP contribution in [0, 0.1) is 3.57 Å². The quantitative estimate of drug-likeness (QED) is 0.164. The maximum absolute atomic E-state index is 12.9. The Morgan fingerprint density at radius 3 is 2.50 bits per heavy atom. The summed E-state index contributed by atoms with van der Waals surface area (Å²) in [6, 6.07) is 27.6. The highest BCUT2D eigenvalue weighted by atomic mass is 127. The van der Waals surface area contributed by atoms with Crippen LogP contribution in [-0.4, -0.2) is 23.2 Å². The zero-order chi connectivity index (χ0) is 25.1. The van der Waals surface area contributed by atoms with Crippen molar-refractivity contribution < 1.29 is 19.1 Å². The number of rotatable bonds is 7. The molecule has 0 radical (unpaired) electrons. The van der Waals surface area contributed by atoms with Crippen LogP contribution in [0.5, 0.6) is 11.5 Å². The van der Waals surface area contributed by atoms with E-state index in [4.69, 9.17) is 9.47 Å². The molecule has 1 saturated heterocycles. The number of fused-ring (bicyclic) bond motifs is 1. The van der Waals surface area contributed by atoms with Gasteiger partial charge in [-0.2, -0.15) is 0 Å². The van der Waals surface area contributed by atoms with Gasteiger partial charge in [0.15, 0.2) is 11.5 Å². The van der Waals surface area contributed by atoms with Crippen LogP contribution in [0.25, 0.3) is 16.8 Å². The predicted octanol–water partition coefficient (Wildman–Crippen LogP) is 7.27. The molecule has 1 heterocycles. The number of halogens is 1. The number of hydrogen-bond donors (Lipinski definition) is 0. The average molecular weight is 607 g/mol. The van der Waals surface area contributed by atoms with Gasteiger partial charge in [-0.3, -0.25) is 14.5 Å². The minimum atomic E-state index is -0.293. The van der Waals surface area contributed by atoms with E-state index in [0.717, 1.165) is 42.8 Å². The highest BCUT2D eigenvalue weighted by Gasteiger charge is 2.35. The first-order valence-electron chi connectivity index (χ1n) is 11.3. The number of methoxy groups -OCH3 is 1. The minimum Gasteiger partial charge on any atom is -0.493 e. The van der Waals surface area contributed by atoms with Crippen LogP contribution in [0.2, 0.25) is 0 Å². The van der Waals surface area contributed by atoms with Gasteiger partial charge in [0.25, 0.3) is 11.1 Å². The van der Waals surface area contributed by atoms with Crippen molar-refractivity contribution in [2.24, 2.45) is 0 Å². The Labute approximate surface area is 227 Å². The Morgan fingerprint density at radius 1 is 0.917 bits per heavy atom. The number of imide groups is 1. The lowest BCUT2D eigenvalue weighted by Gasteiger charge is -2.13. The molecule has 1 aliphatic heterocycles. The van der Waals surface area contributed by atoms with E-state index in [-0.39, 0.29) is 17.7 Å². The highest BCUT2D eigenvalue weighted by molar-refractivity contribution is 14.1. The van der Waals surface area contributed by atoms with E-state index in [2.05, 4.69) is 46.9 Å². The van der Waals surface area contributed by atoms with Crippen molar-refractivity contribution in [3.63, 3.8) is 0 Å². The smallest absolute Gasteiger partial charge is 0.293 e. The second kappa shape index (κ2) is 10.8. The number of carbonyl (C=O) groups is 2. The molecule has 4 aromatic rings. The van der Waals surface area contributed by atoms with Crippen LogP contribution >= 0.6 is 34.4 Å². The van der Waals surface area contributed by atoms with Gasteiger partial charge >= 0.3 is 0 Å². The van der Waals surface area contributed by atoms with Gasteiger partial charge in [0.2, 0.25) is 0 Å². The first-order valence-corrected chi connectivity index (χ1v) is 13.2. The van der Waals surface area contributed by atoms with Crippen molar-refractivity contribution in [2.75, 3.05) is 7.11 Å². The van der Waals surface area contributed by atoms with Crippen molar-refractivity contribution in [1.82, 2.24) is 4.90 Å². The third kappa shape index (κ3) is 5.27. The fourth-order valence-corrected chi connectivity index (χ4v) is 5.22. The molecule has 5 nitrogen and oxygen atoms in total. The maximum Gasteiger partial charge on any atom is 0.293 e. The van der Waals surface area contributed by atoms with Crippen molar-refractivity contribution in [2.45, 2.75) is 13.2 Å². The molecule has 2 amide bonds. The molecule has 4 aromatic carbocycles. The number of amides is 2. The van der Waals surface area contributed by atoms with Gasteiger partial charge in [-0.1, -0.05) is 60.7 Å². The Hall–Kier alpha value is -3.30. The average Bonchev–Trinajstić information content (AvgIpc) is 3.16. The van der Waals surface area contributed by atoms with Crippen molar-refractivity contribution in [1.29, 1.82) is 0 Å². The number of carbonyl (C=O) groups excluding carboxylic acids is 2. The number of thioether (sulfide) groups is 1. The van der Waals surface area contributed by atoms with Crippen LogP contribution in [-0.2, 0) is 17.9 Å². The summed E-state index contributed by atoms with van der Waals surface area (Å²) in [4.78, 5) is 27.1. The predicted molar refractivity (Wildman–Crippen MR) is 152 cm³/mol. The largest absolute Gasteiger partial charge is 0.493 e. The molecular formula is C29H22INO4S. The van der Waals surface area contributed by atoms with Gasteiger partial charge < -0.3 is 9.47 Å². The van der Waals surface area contributed by atoms with Crippen LogP contribution in [0.3, 0.4) is 0 Å². The normalized spacial score (nSPS) is 14.6. The Kier molecular flexibility index (Phi) is 7.29. The van der Waals surface area contributed by atoms with E-state index in [1.165, 1.54) is 4.90 Å². The maximum atomic E-state index is 12.9.